The Morgan fingerprint density at radius 1 is 1.15 bits per heavy atom. The van der Waals surface area contributed by atoms with Gasteiger partial charge >= 0.3 is 0 Å². The molecule has 0 radical (unpaired) electrons. The smallest absolute Gasteiger partial charge is 0.251 e. The molecule has 2 aliphatic rings. The zero-order valence-corrected chi connectivity index (χ0v) is 15.0. The summed E-state index contributed by atoms with van der Waals surface area (Å²) in [6, 6.07) is 11.4. The summed E-state index contributed by atoms with van der Waals surface area (Å²) in [5, 5.41) is 2.94. The standard InChI is InChI=1S/C21H22F2N2O2/c22-19-6-2-4-16(20(19)23)11-25-12-18(13-25)27-17-5-1-3-15(9-17)21(26)24-10-14-7-8-14/h1-6,9,14,18H,7-8,10-13H2,(H,24,26). The third-order valence-electron chi connectivity index (χ3n) is 5.00. The maximum atomic E-state index is 13.7. The Labute approximate surface area is 157 Å². The zero-order chi connectivity index (χ0) is 18.8. The topological polar surface area (TPSA) is 41.6 Å². The average Bonchev–Trinajstić information content (AvgIpc) is 3.46. The minimum atomic E-state index is -0.822. The maximum Gasteiger partial charge on any atom is 0.251 e. The van der Waals surface area contributed by atoms with Crippen molar-refractivity contribution in [1.82, 2.24) is 10.2 Å². The van der Waals surface area contributed by atoms with E-state index in [1.807, 2.05) is 11.0 Å². The van der Waals surface area contributed by atoms with Gasteiger partial charge < -0.3 is 10.1 Å². The van der Waals surface area contributed by atoms with E-state index >= 15 is 0 Å². The lowest BCUT2D eigenvalue weighted by Gasteiger charge is -2.39. The molecule has 0 atom stereocenters. The van der Waals surface area contributed by atoms with Crippen molar-refractivity contribution in [1.29, 1.82) is 0 Å². The second-order valence-corrected chi connectivity index (χ2v) is 7.33. The number of nitrogens with zero attached hydrogens (tertiary/aromatic N) is 1. The fourth-order valence-corrected chi connectivity index (χ4v) is 3.20. The fraction of sp³-hybridized carbons (Fsp3) is 0.381. The second-order valence-electron chi connectivity index (χ2n) is 7.33. The molecular formula is C21H22F2N2O2. The predicted molar refractivity (Wildman–Crippen MR) is 97.6 cm³/mol. The van der Waals surface area contributed by atoms with Crippen molar-refractivity contribution in [3.63, 3.8) is 0 Å². The van der Waals surface area contributed by atoms with Gasteiger partial charge in [-0.3, -0.25) is 9.69 Å². The number of halogens is 2. The second kappa shape index (κ2) is 7.64. The first-order valence-electron chi connectivity index (χ1n) is 9.28. The van der Waals surface area contributed by atoms with Gasteiger partial charge in [-0.1, -0.05) is 18.2 Å². The highest BCUT2D eigenvalue weighted by molar-refractivity contribution is 5.94. The van der Waals surface area contributed by atoms with Crippen molar-refractivity contribution in [3.8, 4) is 5.75 Å². The van der Waals surface area contributed by atoms with Crippen LogP contribution in [-0.2, 0) is 6.54 Å². The number of nitrogens with one attached hydrogen (secondary N) is 1. The van der Waals surface area contributed by atoms with E-state index in [9.17, 15) is 13.6 Å². The molecule has 1 amide bonds. The first-order chi connectivity index (χ1) is 13.1. The van der Waals surface area contributed by atoms with Crippen LogP contribution in [0.15, 0.2) is 42.5 Å². The minimum absolute atomic E-state index is 0.0219. The molecule has 2 aromatic carbocycles. The van der Waals surface area contributed by atoms with Gasteiger partial charge in [-0.05, 0) is 43.0 Å². The van der Waals surface area contributed by atoms with Gasteiger partial charge in [0.1, 0.15) is 11.9 Å². The number of hydrogen-bond acceptors (Lipinski definition) is 3. The van der Waals surface area contributed by atoms with E-state index in [2.05, 4.69) is 5.32 Å². The van der Waals surface area contributed by atoms with Gasteiger partial charge in [0, 0.05) is 37.3 Å². The molecule has 2 fully saturated rings. The van der Waals surface area contributed by atoms with E-state index in [0.29, 0.717) is 42.4 Å². The average molecular weight is 372 g/mol. The maximum absolute atomic E-state index is 13.7. The summed E-state index contributed by atoms with van der Waals surface area (Å²) in [6.07, 6.45) is 2.37. The van der Waals surface area contributed by atoms with E-state index < -0.39 is 11.6 Å². The van der Waals surface area contributed by atoms with Gasteiger partial charge in [0.15, 0.2) is 11.6 Å². The lowest BCUT2D eigenvalue weighted by Crippen LogP contribution is -2.53. The highest BCUT2D eigenvalue weighted by Gasteiger charge is 2.29. The van der Waals surface area contributed by atoms with Gasteiger partial charge in [-0.15, -0.1) is 0 Å². The summed E-state index contributed by atoms with van der Waals surface area (Å²) in [6.45, 7) is 2.35. The third-order valence-corrected chi connectivity index (χ3v) is 5.00. The molecule has 0 aromatic heterocycles. The van der Waals surface area contributed by atoms with Crippen molar-refractivity contribution in [2.45, 2.75) is 25.5 Å². The van der Waals surface area contributed by atoms with E-state index in [1.54, 1.807) is 24.3 Å². The molecule has 4 rings (SSSR count). The molecule has 1 saturated carbocycles. The molecule has 1 heterocycles. The zero-order valence-electron chi connectivity index (χ0n) is 15.0. The van der Waals surface area contributed by atoms with E-state index in [0.717, 1.165) is 12.6 Å². The molecule has 27 heavy (non-hydrogen) atoms. The Bertz CT molecular complexity index is 833. The number of benzene rings is 2. The Kier molecular flexibility index (Phi) is 5.07. The van der Waals surface area contributed by atoms with E-state index in [1.165, 1.54) is 18.9 Å². The van der Waals surface area contributed by atoms with Crippen LogP contribution >= 0.6 is 0 Å². The molecule has 2 aromatic rings. The number of ether oxygens (including phenoxy) is 1. The third kappa shape index (κ3) is 4.45. The summed E-state index contributed by atoms with van der Waals surface area (Å²) in [7, 11) is 0. The summed E-state index contributed by atoms with van der Waals surface area (Å²) < 4.78 is 32.9. The van der Waals surface area contributed by atoms with Crippen LogP contribution in [0.25, 0.3) is 0 Å². The summed E-state index contributed by atoms with van der Waals surface area (Å²) in [5.41, 5.74) is 0.939. The van der Waals surface area contributed by atoms with Gasteiger partial charge in [-0.25, -0.2) is 8.78 Å². The summed E-state index contributed by atoms with van der Waals surface area (Å²) >= 11 is 0. The van der Waals surface area contributed by atoms with Gasteiger partial charge in [0.25, 0.3) is 5.91 Å². The quantitative estimate of drug-likeness (QED) is 0.810. The SMILES string of the molecule is O=C(NCC1CC1)c1cccc(OC2CN(Cc3cccc(F)c3F)C2)c1. The Morgan fingerprint density at radius 3 is 2.70 bits per heavy atom. The molecule has 1 aliphatic heterocycles. The van der Waals surface area contributed by atoms with Crippen LogP contribution in [0.3, 0.4) is 0 Å². The minimum Gasteiger partial charge on any atom is -0.488 e. The predicted octanol–water partition coefficient (Wildman–Crippen LogP) is 3.37. The van der Waals surface area contributed by atoms with Crippen LogP contribution in [0, 0.1) is 17.6 Å². The van der Waals surface area contributed by atoms with Crippen molar-refractivity contribution in [2.75, 3.05) is 19.6 Å². The Hall–Kier alpha value is -2.47. The molecule has 0 spiro atoms. The molecule has 142 valence electrons. The number of likely N-dealkylation sites (tertiary alicyclic amines) is 1. The molecule has 1 N–H and O–H groups in total. The number of carbonyl (C=O) groups excluding carboxylic acids is 1. The van der Waals surface area contributed by atoms with Crippen molar-refractivity contribution < 1.29 is 18.3 Å². The van der Waals surface area contributed by atoms with Crippen LogP contribution in [0.4, 0.5) is 8.78 Å². The molecular weight excluding hydrogens is 350 g/mol. The lowest BCUT2D eigenvalue weighted by atomic mass is 10.1. The Morgan fingerprint density at radius 2 is 1.93 bits per heavy atom. The van der Waals surface area contributed by atoms with E-state index in [-0.39, 0.29) is 12.0 Å². The van der Waals surface area contributed by atoms with Crippen LogP contribution in [0.5, 0.6) is 5.75 Å². The molecule has 1 saturated heterocycles. The molecule has 1 aliphatic carbocycles. The molecule has 0 unspecified atom stereocenters. The number of rotatable bonds is 7. The van der Waals surface area contributed by atoms with Crippen LogP contribution < -0.4 is 10.1 Å². The summed E-state index contributed by atoms with van der Waals surface area (Å²) in [4.78, 5) is 14.2. The van der Waals surface area contributed by atoms with Crippen LogP contribution in [0.2, 0.25) is 0 Å². The first-order valence-corrected chi connectivity index (χ1v) is 9.28. The highest BCUT2D eigenvalue weighted by Crippen LogP contribution is 2.28. The van der Waals surface area contributed by atoms with Gasteiger partial charge in [0.2, 0.25) is 0 Å². The number of carbonyl (C=O) groups is 1. The Balaban J connectivity index is 1.27. The number of amides is 1. The monoisotopic (exact) mass is 372 g/mol. The highest BCUT2D eigenvalue weighted by atomic mass is 19.2. The normalized spacial score (nSPS) is 17.4. The van der Waals surface area contributed by atoms with Crippen molar-refractivity contribution >= 4 is 5.91 Å². The molecule has 4 nitrogen and oxygen atoms in total. The van der Waals surface area contributed by atoms with Crippen LogP contribution in [0.1, 0.15) is 28.8 Å². The molecule has 6 heteroatoms. The fourth-order valence-electron chi connectivity index (χ4n) is 3.20. The molecule has 0 bridgehead atoms. The van der Waals surface area contributed by atoms with E-state index in [4.69, 9.17) is 4.74 Å². The van der Waals surface area contributed by atoms with Crippen LogP contribution in [-0.4, -0.2) is 36.5 Å². The van der Waals surface area contributed by atoms with Crippen molar-refractivity contribution in [2.24, 2.45) is 5.92 Å². The lowest BCUT2D eigenvalue weighted by molar-refractivity contribution is 0.0138. The first kappa shape index (κ1) is 17.9. The van der Waals surface area contributed by atoms with Gasteiger partial charge in [-0.2, -0.15) is 0 Å². The largest absolute Gasteiger partial charge is 0.488 e. The number of hydrogen-bond donors (Lipinski definition) is 1. The summed E-state index contributed by atoms with van der Waals surface area (Å²) in [5.74, 6) is -0.401. The van der Waals surface area contributed by atoms with Crippen molar-refractivity contribution in [3.05, 3.63) is 65.2 Å². The van der Waals surface area contributed by atoms with Gasteiger partial charge in [0.05, 0.1) is 0 Å².